The molecule has 0 saturated carbocycles. The first-order chi connectivity index (χ1) is 7.41. The Hall–Kier alpha value is -1.57. The second kappa shape index (κ2) is 4.52. The number of ketones is 1. The molecule has 0 spiro atoms. The molecular formula is C14H18O2. The fourth-order valence-corrected chi connectivity index (χ4v) is 1.83. The molecule has 0 saturated heterocycles. The highest BCUT2D eigenvalue weighted by molar-refractivity contribution is 6.08. The average Bonchev–Trinajstić information content (AvgIpc) is 2.24. The molecule has 0 fully saturated rings. The van der Waals surface area contributed by atoms with Crippen LogP contribution in [0.5, 0.6) is 5.75 Å². The van der Waals surface area contributed by atoms with Gasteiger partial charge in [0, 0.05) is 0 Å². The summed E-state index contributed by atoms with van der Waals surface area (Å²) in [4.78, 5) is 11.9. The molecule has 0 heterocycles. The third kappa shape index (κ3) is 1.87. The lowest BCUT2D eigenvalue weighted by Gasteiger charge is -2.15. The Morgan fingerprint density at radius 2 is 1.50 bits per heavy atom. The van der Waals surface area contributed by atoms with Crippen molar-refractivity contribution in [1.82, 2.24) is 0 Å². The summed E-state index contributed by atoms with van der Waals surface area (Å²) in [6, 6.07) is 0. The summed E-state index contributed by atoms with van der Waals surface area (Å²) in [5.74, 6) is -0.0209. The van der Waals surface area contributed by atoms with Gasteiger partial charge in [0.15, 0.2) is 5.78 Å². The molecule has 2 nitrogen and oxygen atoms in total. The van der Waals surface area contributed by atoms with Gasteiger partial charge in [0.05, 0.1) is 5.56 Å². The van der Waals surface area contributed by atoms with Gasteiger partial charge in [0.2, 0.25) is 0 Å². The van der Waals surface area contributed by atoms with Crippen LogP contribution in [0.25, 0.3) is 0 Å². The molecule has 0 aliphatic heterocycles. The maximum absolute atomic E-state index is 11.9. The van der Waals surface area contributed by atoms with Crippen molar-refractivity contribution in [1.29, 1.82) is 0 Å². The lowest BCUT2D eigenvalue weighted by atomic mass is 9.91. The van der Waals surface area contributed by atoms with Crippen LogP contribution in [0.15, 0.2) is 12.2 Å². The largest absolute Gasteiger partial charge is 0.507 e. The molecular weight excluding hydrogens is 200 g/mol. The number of carbonyl (C=O) groups is 1. The fraction of sp³-hybridized carbons (Fsp3) is 0.357. The first-order valence-corrected chi connectivity index (χ1v) is 5.38. The Balaban J connectivity index is 3.58. The van der Waals surface area contributed by atoms with Crippen LogP contribution in [0.1, 0.15) is 39.5 Å². The van der Waals surface area contributed by atoms with E-state index in [1.807, 2.05) is 27.7 Å². The molecule has 1 aromatic carbocycles. The van der Waals surface area contributed by atoms with Crippen molar-refractivity contribution in [2.24, 2.45) is 0 Å². The van der Waals surface area contributed by atoms with Gasteiger partial charge in [-0.2, -0.15) is 0 Å². The first-order valence-electron chi connectivity index (χ1n) is 5.38. The molecule has 0 amide bonds. The van der Waals surface area contributed by atoms with Crippen molar-refractivity contribution >= 4 is 5.78 Å². The Morgan fingerprint density at radius 3 is 2.00 bits per heavy atom. The predicted octanol–water partition coefficient (Wildman–Crippen LogP) is 3.38. The Morgan fingerprint density at radius 1 is 1.00 bits per heavy atom. The molecule has 16 heavy (non-hydrogen) atoms. The Kier molecular flexibility index (Phi) is 3.53. The van der Waals surface area contributed by atoms with Gasteiger partial charge in [-0.15, -0.1) is 0 Å². The van der Waals surface area contributed by atoms with E-state index in [1.165, 1.54) is 6.08 Å². The van der Waals surface area contributed by atoms with E-state index in [0.717, 1.165) is 22.3 Å². The van der Waals surface area contributed by atoms with E-state index in [4.69, 9.17) is 0 Å². The zero-order chi connectivity index (χ0) is 12.5. The number of benzene rings is 1. The highest BCUT2D eigenvalue weighted by Crippen LogP contribution is 2.32. The molecule has 0 atom stereocenters. The molecule has 0 aliphatic rings. The smallest absolute Gasteiger partial charge is 0.189 e. The summed E-state index contributed by atoms with van der Waals surface area (Å²) in [7, 11) is 0. The van der Waals surface area contributed by atoms with E-state index in [-0.39, 0.29) is 11.5 Å². The van der Waals surface area contributed by atoms with E-state index in [9.17, 15) is 9.90 Å². The number of phenols is 1. The van der Waals surface area contributed by atoms with E-state index >= 15 is 0 Å². The predicted molar refractivity (Wildman–Crippen MR) is 66.2 cm³/mol. The van der Waals surface area contributed by atoms with Crippen LogP contribution in [0, 0.1) is 27.7 Å². The monoisotopic (exact) mass is 218 g/mol. The summed E-state index contributed by atoms with van der Waals surface area (Å²) in [5, 5.41) is 10.0. The SMILES string of the molecule is CC=CC(=O)c1c(C)c(C)c(C)c(C)c1O. The minimum Gasteiger partial charge on any atom is -0.507 e. The number of carbonyl (C=O) groups excluding carboxylic acids is 1. The van der Waals surface area contributed by atoms with Crippen molar-refractivity contribution in [2.75, 3.05) is 0 Å². The third-order valence-corrected chi connectivity index (χ3v) is 3.22. The highest BCUT2D eigenvalue weighted by atomic mass is 16.3. The average molecular weight is 218 g/mol. The van der Waals surface area contributed by atoms with Gasteiger partial charge < -0.3 is 5.11 Å². The topological polar surface area (TPSA) is 37.3 Å². The molecule has 1 rings (SSSR count). The standard InChI is InChI=1S/C14H18O2/c1-6-7-12(15)13-10(4)8(2)9(3)11(5)14(13)16/h6-7,16H,1-5H3. The maximum atomic E-state index is 11.9. The van der Waals surface area contributed by atoms with Crippen LogP contribution in [-0.4, -0.2) is 10.9 Å². The molecule has 0 radical (unpaired) electrons. The number of allylic oxidation sites excluding steroid dienone is 2. The molecule has 0 aromatic heterocycles. The van der Waals surface area contributed by atoms with Crippen LogP contribution in [-0.2, 0) is 0 Å². The molecule has 1 aromatic rings. The molecule has 2 heteroatoms. The number of rotatable bonds is 2. The molecule has 0 unspecified atom stereocenters. The van der Waals surface area contributed by atoms with E-state index in [0.29, 0.717) is 5.56 Å². The van der Waals surface area contributed by atoms with E-state index in [1.54, 1.807) is 13.0 Å². The third-order valence-electron chi connectivity index (χ3n) is 3.22. The van der Waals surface area contributed by atoms with Crippen LogP contribution in [0.2, 0.25) is 0 Å². The molecule has 86 valence electrons. The zero-order valence-corrected chi connectivity index (χ0v) is 10.5. The lowest BCUT2D eigenvalue weighted by Crippen LogP contribution is -2.04. The second-order valence-electron chi connectivity index (χ2n) is 4.09. The quantitative estimate of drug-likeness (QED) is 0.610. The van der Waals surface area contributed by atoms with Gasteiger partial charge in [-0.3, -0.25) is 4.79 Å². The van der Waals surface area contributed by atoms with E-state index < -0.39 is 0 Å². The van der Waals surface area contributed by atoms with Gasteiger partial charge in [-0.05, 0) is 62.9 Å². The summed E-state index contributed by atoms with van der Waals surface area (Å²) < 4.78 is 0. The summed E-state index contributed by atoms with van der Waals surface area (Å²) in [5.41, 5.74) is 4.20. The molecule has 1 N–H and O–H groups in total. The van der Waals surface area contributed by atoms with Crippen LogP contribution < -0.4 is 0 Å². The maximum Gasteiger partial charge on any atom is 0.189 e. The van der Waals surface area contributed by atoms with Crippen LogP contribution in [0.4, 0.5) is 0 Å². The normalized spacial score (nSPS) is 11.1. The number of phenolic OH excluding ortho intramolecular Hbond substituents is 1. The number of aromatic hydroxyl groups is 1. The van der Waals surface area contributed by atoms with Crippen molar-refractivity contribution in [3.8, 4) is 5.75 Å². The summed E-state index contributed by atoms with van der Waals surface area (Å²) in [6.07, 6.45) is 3.17. The minimum absolute atomic E-state index is 0.115. The van der Waals surface area contributed by atoms with Crippen molar-refractivity contribution in [3.05, 3.63) is 40.0 Å². The van der Waals surface area contributed by atoms with Gasteiger partial charge >= 0.3 is 0 Å². The van der Waals surface area contributed by atoms with Crippen molar-refractivity contribution < 1.29 is 9.90 Å². The first kappa shape index (κ1) is 12.5. The zero-order valence-electron chi connectivity index (χ0n) is 10.5. The summed E-state index contributed by atoms with van der Waals surface area (Å²) >= 11 is 0. The highest BCUT2D eigenvalue weighted by Gasteiger charge is 2.18. The van der Waals surface area contributed by atoms with Crippen molar-refractivity contribution in [2.45, 2.75) is 34.6 Å². The summed E-state index contributed by atoms with van der Waals surface area (Å²) in [6.45, 7) is 9.44. The lowest BCUT2D eigenvalue weighted by molar-refractivity contribution is 0.104. The van der Waals surface area contributed by atoms with Crippen LogP contribution >= 0.6 is 0 Å². The Labute approximate surface area is 96.6 Å². The fourth-order valence-electron chi connectivity index (χ4n) is 1.83. The van der Waals surface area contributed by atoms with Gasteiger partial charge in [-0.1, -0.05) is 6.08 Å². The van der Waals surface area contributed by atoms with E-state index in [2.05, 4.69) is 0 Å². The second-order valence-corrected chi connectivity index (χ2v) is 4.09. The van der Waals surface area contributed by atoms with Crippen LogP contribution in [0.3, 0.4) is 0 Å². The number of hydrogen-bond acceptors (Lipinski definition) is 2. The van der Waals surface area contributed by atoms with Crippen molar-refractivity contribution in [3.63, 3.8) is 0 Å². The minimum atomic E-state index is -0.135. The Bertz CT molecular complexity index is 439. The van der Waals surface area contributed by atoms with Gasteiger partial charge in [-0.25, -0.2) is 0 Å². The molecule has 0 bridgehead atoms. The molecule has 0 aliphatic carbocycles. The van der Waals surface area contributed by atoms with Gasteiger partial charge in [0.1, 0.15) is 5.75 Å². The van der Waals surface area contributed by atoms with Gasteiger partial charge in [0.25, 0.3) is 0 Å². The number of hydrogen-bond donors (Lipinski definition) is 1.